The van der Waals surface area contributed by atoms with E-state index in [-0.39, 0.29) is 5.76 Å². The highest BCUT2D eigenvalue weighted by molar-refractivity contribution is 6.08. The van der Waals surface area contributed by atoms with E-state index in [0.717, 1.165) is 21.9 Å². The first-order valence-corrected chi connectivity index (χ1v) is 7.52. The predicted molar refractivity (Wildman–Crippen MR) is 92.2 cm³/mol. The topological polar surface area (TPSA) is 67.7 Å². The number of amides is 1. The van der Waals surface area contributed by atoms with Crippen LogP contribution in [0.2, 0.25) is 0 Å². The van der Waals surface area contributed by atoms with Crippen molar-refractivity contribution in [3.05, 3.63) is 71.9 Å². The van der Waals surface area contributed by atoms with Gasteiger partial charge in [0, 0.05) is 5.39 Å². The number of carbonyl (C=O) groups excluding carboxylic acids is 1. The van der Waals surface area contributed by atoms with Gasteiger partial charge in [0.25, 0.3) is 0 Å². The second-order valence-electron chi connectivity index (χ2n) is 5.46. The van der Waals surface area contributed by atoms with Gasteiger partial charge in [-0.15, -0.1) is 0 Å². The summed E-state index contributed by atoms with van der Waals surface area (Å²) >= 11 is 0. The number of hydrogen-bond donors (Lipinski definition) is 1. The van der Waals surface area contributed by atoms with Crippen LogP contribution >= 0.6 is 0 Å². The normalized spacial score (nSPS) is 11.5. The number of aryl methyl sites for hydroxylation is 1. The molecule has 118 valence electrons. The third-order valence-electron chi connectivity index (χ3n) is 3.77. The molecule has 0 aliphatic rings. The molecule has 2 aromatic carbocycles. The van der Waals surface area contributed by atoms with Crippen LogP contribution in [0.4, 0.5) is 0 Å². The monoisotopic (exact) mass is 318 g/mol. The van der Waals surface area contributed by atoms with Crippen molar-refractivity contribution in [2.24, 2.45) is 5.10 Å². The predicted octanol–water partition coefficient (Wildman–Crippen LogP) is 4.25. The molecule has 0 bridgehead atoms. The van der Waals surface area contributed by atoms with Crippen molar-refractivity contribution in [3.63, 3.8) is 0 Å². The van der Waals surface area contributed by atoms with Crippen LogP contribution in [0, 0.1) is 6.92 Å². The number of benzene rings is 2. The highest BCUT2D eigenvalue weighted by atomic mass is 16.3. The maximum absolute atomic E-state index is 12.2. The van der Waals surface area contributed by atoms with E-state index in [4.69, 9.17) is 8.83 Å². The summed E-state index contributed by atoms with van der Waals surface area (Å²) in [6, 6.07) is 17.1. The van der Waals surface area contributed by atoms with Gasteiger partial charge in [-0.3, -0.25) is 4.79 Å². The van der Waals surface area contributed by atoms with E-state index >= 15 is 0 Å². The Bertz CT molecular complexity index is 1070. The Morgan fingerprint density at radius 2 is 1.92 bits per heavy atom. The summed E-state index contributed by atoms with van der Waals surface area (Å²) in [6.45, 7) is 1.84. The zero-order valence-electron chi connectivity index (χ0n) is 12.9. The van der Waals surface area contributed by atoms with Crippen molar-refractivity contribution in [1.29, 1.82) is 0 Å². The maximum atomic E-state index is 12.2. The van der Waals surface area contributed by atoms with Gasteiger partial charge < -0.3 is 8.83 Å². The molecular formula is C19H14N2O3. The molecule has 0 aliphatic carbocycles. The molecule has 0 aliphatic heterocycles. The van der Waals surface area contributed by atoms with Gasteiger partial charge >= 0.3 is 5.91 Å². The van der Waals surface area contributed by atoms with Crippen LogP contribution in [0.25, 0.3) is 21.7 Å². The molecule has 1 amide bonds. The molecule has 0 saturated carbocycles. The minimum absolute atomic E-state index is 0.217. The molecule has 0 spiro atoms. The standard InChI is InChI=1S/C19H14N2O3/c1-12-6-8-14(23-12)11-20-21-19(22)18-10-16-15-5-3-2-4-13(15)7-9-17(16)24-18/h2-11H,1H3,(H,21,22). The number of hydrogen-bond acceptors (Lipinski definition) is 4. The van der Waals surface area contributed by atoms with Crippen molar-refractivity contribution in [2.45, 2.75) is 6.92 Å². The third-order valence-corrected chi connectivity index (χ3v) is 3.77. The third kappa shape index (κ3) is 2.56. The first-order chi connectivity index (χ1) is 11.7. The molecule has 0 saturated heterocycles. The Kier molecular flexibility index (Phi) is 3.39. The molecule has 4 rings (SSSR count). The van der Waals surface area contributed by atoms with E-state index < -0.39 is 5.91 Å². The minimum Gasteiger partial charge on any atom is -0.460 e. The lowest BCUT2D eigenvalue weighted by molar-refractivity contribution is 0.0929. The number of rotatable bonds is 3. The van der Waals surface area contributed by atoms with Crippen molar-refractivity contribution >= 4 is 33.9 Å². The summed E-state index contributed by atoms with van der Waals surface area (Å²) in [6.07, 6.45) is 1.45. The van der Waals surface area contributed by atoms with Gasteiger partial charge in [-0.25, -0.2) is 5.43 Å². The highest BCUT2D eigenvalue weighted by Crippen LogP contribution is 2.28. The highest BCUT2D eigenvalue weighted by Gasteiger charge is 2.13. The fraction of sp³-hybridized carbons (Fsp3) is 0.0526. The molecular weight excluding hydrogens is 304 g/mol. The van der Waals surface area contributed by atoms with Crippen LogP contribution in [0.1, 0.15) is 22.1 Å². The van der Waals surface area contributed by atoms with Crippen molar-refractivity contribution < 1.29 is 13.6 Å². The average Bonchev–Trinajstić information content (AvgIpc) is 3.21. The van der Waals surface area contributed by atoms with E-state index in [9.17, 15) is 4.79 Å². The number of nitrogens with zero attached hydrogens (tertiary/aromatic N) is 1. The molecule has 0 fully saturated rings. The van der Waals surface area contributed by atoms with Crippen LogP contribution in [0.15, 0.2) is 68.5 Å². The first kappa shape index (κ1) is 14.3. The zero-order valence-corrected chi connectivity index (χ0v) is 12.9. The summed E-state index contributed by atoms with van der Waals surface area (Å²) in [5.74, 6) is 1.17. The molecule has 0 radical (unpaired) electrons. The average molecular weight is 318 g/mol. The number of fused-ring (bicyclic) bond motifs is 3. The summed E-state index contributed by atoms with van der Waals surface area (Å²) in [4.78, 5) is 12.2. The van der Waals surface area contributed by atoms with E-state index in [1.165, 1.54) is 6.21 Å². The molecule has 2 aromatic heterocycles. The molecule has 0 atom stereocenters. The van der Waals surface area contributed by atoms with Gasteiger partial charge in [-0.05, 0) is 42.0 Å². The molecule has 5 nitrogen and oxygen atoms in total. The van der Waals surface area contributed by atoms with Crippen molar-refractivity contribution in [3.8, 4) is 0 Å². The maximum Gasteiger partial charge on any atom is 0.307 e. The lowest BCUT2D eigenvalue weighted by Crippen LogP contribution is -2.16. The largest absolute Gasteiger partial charge is 0.460 e. The second-order valence-corrected chi connectivity index (χ2v) is 5.46. The molecule has 24 heavy (non-hydrogen) atoms. The molecule has 1 N–H and O–H groups in total. The second kappa shape index (κ2) is 5.70. The smallest absolute Gasteiger partial charge is 0.307 e. The Morgan fingerprint density at radius 1 is 1.04 bits per heavy atom. The van der Waals surface area contributed by atoms with Gasteiger partial charge in [0.2, 0.25) is 0 Å². The van der Waals surface area contributed by atoms with Crippen LogP contribution in [0.3, 0.4) is 0 Å². The first-order valence-electron chi connectivity index (χ1n) is 7.52. The Hall–Kier alpha value is -3.34. The van der Waals surface area contributed by atoms with Crippen LogP contribution in [-0.4, -0.2) is 12.1 Å². The van der Waals surface area contributed by atoms with Crippen LogP contribution in [0.5, 0.6) is 0 Å². The minimum atomic E-state index is -0.408. The molecule has 0 unspecified atom stereocenters. The Morgan fingerprint density at radius 3 is 2.75 bits per heavy atom. The summed E-state index contributed by atoms with van der Waals surface area (Å²) in [5.41, 5.74) is 3.11. The Labute approximate surface area is 137 Å². The fourth-order valence-electron chi connectivity index (χ4n) is 2.64. The quantitative estimate of drug-likeness (QED) is 0.453. The van der Waals surface area contributed by atoms with Crippen molar-refractivity contribution in [2.75, 3.05) is 0 Å². The van der Waals surface area contributed by atoms with E-state index in [1.807, 2.05) is 49.4 Å². The Balaban J connectivity index is 1.60. The van der Waals surface area contributed by atoms with E-state index in [0.29, 0.717) is 11.3 Å². The van der Waals surface area contributed by atoms with Gasteiger partial charge in [0.15, 0.2) is 5.76 Å². The zero-order chi connectivity index (χ0) is 16.5. The van der Waals surface area contributed by atoms with Crippen molar-refractivity contribution in [1.82, 2.24) is 5.43 Å². The molecule has 2 heterocycles. The van der Waals surface area contributed by atoms with Gasteiger partial charge in [-0.1, -0.05) is 30.3 Å². The van der Waals surface area contributed by atoms with Crippen LogP contribution in [-0.2, 0) is 0 Å². The number of carbonyl (C=O) groups is 1. The van der Waals surface area contributed by atoms with E-state index in [2.05, 4.69) is 10.5 Å². The number of nitrogens with one attached hydrogen (secondary N) is 1. The summed E-state index contributed by atoms with van der Waals surface area (Å²) in [5, 5.41) is 6.94. The van der Waals surface area contributed by atoms with Gasteiger partial charge in [-0.2, -0.15) is 5.10 Å². The van der Waals surface area contributed by atoms with E-state index in [1.54, 1.807) is 12.1 Å². The lowest BCUT2D eigenvalue weighted by atomic mass is 10.1. The summed E-state index contributed by atoms with van der Waals surface area (Å²) in [7, 11) is 0. The van der Waals surface area contributed by atoms with Crippen LogP contribution < -0.4 is 5.43 Å². The SMILES string of the molecule is Cc1ccc(C=NNC(=O)c2cc3c(ccc4ccccc43)o2)o1. The lowest BCUT2D eigenvalue weighted by Gasteiger charge is -1.96. The number of hydrazone groups is 1. The van der Waals surface area contributed by atoms with Gasteiger partial charge in [0.05, 0.1) is 6.21 Å². The molecule has 4 aromatic rings. The summed E-state index contributed by atoms with van der Waals surface area (Å²) < 4.78 is 11.0. The van der Waals surface area contributed by atoms with Gasteiger partial charge in [0.1, 0.15) is 17.1 Å². The molecule has 5 heteroatoms. The fourth-order valence-corrected chi connectivity index (χ4v) is 2.64. The number of furan rings is 2.